The Labute approximate surface area is 83.3 Å². The van der Waals surface area contributed by atoms with E-state index in [0.29, 0.717) is 5.92 Å². The Balaban J connectivity index is 1.80. The minimum Gasteiger partial charge on any atom is -0.316 e. The molecule has 1 saturated heterocycles. The zero-order chi connectivity index (χ0) is 9.54. The van der Waals surface area contributed by atoms with Crippen LogP contribution in [0.4, 0.5) is 4.39 Å². The second-order valence-electron chi connectivity index (χ2n) is 4.48. The van der Waals surface area contributed by atoms with E-state index < -0.39 is 0 Å². The van der Waals surface area contributed by atoms with E-state index in [2.05, 4.69) is 5.32 Å². The molecule has 1 nitrogen and oxygen atoms in total. The molecular formula is C12H14FN. The number of benzene rings is 1. The quantitative estimate of drug-likeness (QED) is 0.717. The molecule has 2 aliphatic rings. The summed E-state index contributed by atoms with van der Waals surface area (Å²) >= 11 is 0. The summed E-state index contributed by atoms with van der Waals surface area (Å²) in [6.45, 7) is 2.33. The molecule has 2 fully saturated rings. The van der Waals surface area contributed by atoms with E-state index in [-0.39, 0.29) is 5.82 Å². The minimum absolute atomic E-state index is 0.130. The van der Waals surface area contributed by atoms with Crippen molar-refractivity contribution in [2.45, 2.75) is 12.3 Å². The Morgan fingerprint density at radius 1 is 1.14 bits per heavy atom. The van der Waals surface area contributed by atoms with Crippen LogP contribution >= 0.6 is 0 Å². The second-order valence-corrected chi connectivity index (χ2v) is 4.48. The van der Waals surface area contributed by atoms with Crippen LogP contribution in [0.25, 0.3) is 0 Å². The van der Waals surface area contributed by atoms with Crippen molar-refractivity contribution in [3.63, 3.8) is 0 Å². The number of halogens is 1. The van der Waals surface area contributed by atoms with Gasteiger partial charge in [0.25, 0.3) is 0 Å². The third kappa shape index (κ3) is 1.17. The van der Waals surface area contributed by atoms with Gasteiger partial charge >= 0.3 is 0 Å². The lowest BCUT2D eigenvalue weighted by Gasteiger charge is -2.40. The molecule has 0 amide bonds. The van der Waals surface area contributed by atoms with Gasteiger partial charge in [0.15, 0.2) is 0 Å². The molecule has 3 rings (SSSR count). The van der Waals surface area contributed by atoms with Crippen LogP contribution in [0.3, 0.4) is 0 Å². The maximum Gasteiger partial charge on any atom is 0.123 e. The molecular weight excluding hydrogens is 177 g/mol. The number of fused-ring (bicyclic) bond motifs is 1. The molecule has 1 aliphatic carbocycles. The molecule has 1 aromatic rings. The topological polar surface area (TPSA) is 12.0 Å². The highest BCUT2D eigenvalue weighted by molar-refractivity contribution is 5.25. The summed E-state index contributed by atoms with van der Waals surface area (Å²) in [5.41, 5.74) is 1.32. The van der Waals surface area contributed by atoms with Crippen molar-refractivity contribution < 1.29 is 4.39 Å². The number of nitrogens with one attached hydrogen (secondary N) is 1. The first kappa shape index (κ1) is 8.42. The van der Waals surface area contributed by atoms with Gasteiger partial charge < -0.3 is 5.32 Å². The first-order chi connectivity index (χ1) is 6.84. The predicted octanol–water partition coefficient (Wildman–Crippen LogP) is 2.15. The fourth-order valence-electron chi connectivity index (χ4n) is 2.88. The first-order valence-electron chi connectivity index (χ1n) is 5.31. The fourth-order valence-corrected chi connectivity index (χ4v) is 2.88. The molecule has 0 unspecified atom stereocenters. The molecule has 74 valence electrons. The van der Waals surface area contributed by atoms with Crippen LogP contribution in [0.2, 0.25) is 0 Å². The van der Waals surface area contributed by atoms with E-state index in [1.807, 2.05) is 12.1 Å². The zero-order valence-corrected chi connectivity index (χ0v) is 8.04. The lowest BCUT2D eigenvalue weighted by atomic mass is 9.64. The van der Waals surface area contributed by atoms with Crippen molar-refractivity contribution in [3.05, 3.63) is 35.6 Å². The fraction of sp³-hybridized carbons (Fsp3) is 0.500. The van der Waals surface area contributed by atoms with Crippen LogP contribution in [0.15, 0.2) is 24.3 Å². The van der Waals surface area contributed by atoms with Crippen LogP contribution in [0.5, 0.6) is 0 Å². The van der Waals surface area contributed by atoms with Crippen molar-refractivity contribution in [2.75, 3.05) is 13.1 Å². The summed E-state index contributed by atoms with van der Waals surface area (Å²) in [6, 6.07) is 7.03. The van der Waals surface area contributed by atoms with Crippen molar-refractivity contribution in [2.24, 2.45) is 11.8 Å². The summed E-state index contributed by atoms with van der Waals surface area (Å²) in [5, 5.41) is 3.42. The molecule has 0 aromatic heterocycles. The lowest BCUT2D eigenvalue weighted by Crippen LogP contribution is -2.33. The van der Waals surface area contributed by atoms with Crippen LogP contribution < -0.4 is 5.32 Å². The van der Waals surface area contributed by atoms with E-state index in [4.69, 9.17) is 0 Å². The van der Waals surface area contributed by atoms with Gasteiger partial charge in [0.1, 0.15) is 5.82 Å². The van der Waals surface area contributed by atoms with E-state index in [1.54, 1.807) is 12.1 Å². The highest BCUT2D eigenvalue weighted by Crippen LogP contribution is 2.48. The van der Waals surface area contributed by atoms with Crippen LogP contribution in [-0.2, 0) is 0 Å². The summed E-state index contributed by atoms with van der Waals surface area (Å²) in [6.07, 6.45) is 1.28. The Bertz CT molecular complexity index is 333. The molecule has 14 heavy (non-hydrogen) atoms. The number of rotatable bonds is 1. The molecule has 0 bridgehead atoms. The predicted molar refractivity (Wildman–Crippen MR) is 53.6 cm³/mol. The maximum absolute atomic E-state index is 12.7. The van der Waals surface area contributed by atoms with Crippen LogP contribution in [-0.4, -0.2) is 13.1 Å². The number of hydrogen-bond donors (Lipinski definition) is 1. The smallest absolute Gasteiger partial charge is 0.123 e. The standard InChI is InChI=1S/C12H14FN/c13-10-3-1-8(2-4-10)11-5-9-6-14-7-12(9)11/h1-4,9,11-12,14H,5-7H2/t9-,11-,12-/m0/s1. The highest BCUT2D eigenvalue weighted by Gasteiger charge is 2.44. The normalized spacial score (nSPS) is 35.1. The average Bonchev–Trinajstić information content (AvgIpc) is 2.52. The molecule has 1 aliphatic heterocycles. The Morgan fingerprint density at radius 2 is 1.93 bits per heavy atom. The molecule has 1 heterocycles. The minimum atomic E-state index is -0.130. The first-order valence-corrected chi connectivity index (χ1v) is 5.31. The third-order valence-corrected chi connectivity index (χ3v) is 3.76. The molecule has 0 spiro atoms. The monoisotopic (exact) mass is 191 g/mol. The van der Waals surface area contributed by atoms with E-state index in [1.165, 1.54) is 18.5 Å². The van der Waals surface area contributed by atoms with Gasteiger partial charge in [0, 0.05) is 0 Å². The molecule has 2 heteroatoms. The summed E-state index contributed by atoms with van der Waals surface area (Å²) in [5.74, 6) is 2.23. The van der Waals surface area contributed by atoms with Crippen molar-refractivity contribution in [1.29, 1.82) is 0 Å². The Morgan fingerprint density at radius 3 is 2.64 bits per heavy atom. The SMILES string of the molecule is Fc1ccc([C@@H]2C[C@H]3CNC[C@@H]32)cc1. The van der Waals surface area contributed by atoms with Gasteiger partial charge in [-0.1, -0.05) is 12.1 Å². The maximum atomic E-state index is 12.7. The summed E-state index contributed by atoms with van der Waals surface area (Å²) in [4.78, 5) is 0. The Kier molecular flexibility index (Phi) is 1.84. The molecule has 0 radical (unpaired) electrons. The van der Waals surface area contributed by atoms with Crippen molar-refractivity contribution in [3.8, 4) is 0 Å². The molecule has 1 aromatic carbocycles. The second kappa shape index (κ2) is 3.06. The van der Waals surface area contributed by atoms with E-state index in [9.17, 15) is 4.39 Å². The molecule has 1 saturated carbocycles. The van der Waals surface area contributed by atoms with Crippen molar-refractivity contribution in [1.82, 2.24) is 5.32 Å². The van der Waals surface area contributed by atoms with Crippen LogP contribution in [0, 0.1) is 17.7 Å². The van der Waals surface area contributed by atoms with Gasteiger partial charge in [-0.15, -0.1) is 0 Å². The summed E-state index contributed by atoms with van der Waals surface area (Å²) < 4.78 is 12.7. The van der Waals surface area contributed by atoms with Gasteiger partial charge in [-0.3, -0.25) is 0 Å². The van der Waals surface area contributed by atoms with Gasteiger partial charge in [0.2, 0.25) is 0 Å². The molecule has 1 N–H and O–H groups in total. The van der Waals surface area contributed by atoms with E-state index in [0.717, 1.165) is 18.4 Å². The third-order valence-electron chi connectivity index (χ3n) is 3.76. The summed E-state index contributed by atoms with van der Waals surface area (Å²) in [7, 11) is 0. The van der Waals surface area contributed by atoms with E-state index >= 15 is 0 Å². The highest BCUT2D eigenvalue weighted by atomic mass is 19.1. The van der Waals surface area contributed by atoms with Gasteiger partial charge in [0.05, 0.1) is 0 Å². The lowest BCUT2D eigenvalue weighted by molar-refractivity contribution is 0.191. The number of hydrogen-bond acceptors (Lipinski definition) is 1. The molecule has 3 atom stereocenters. The largest absolute Gasteiger partial charge is 0.316 e. The van der Waals surface area contributed by atoms with Crippen molar-refractivity contribution >= 4 is 0 Å². The van der Waals surface area contributed by atoms with Crippen LogP contribution in [0.1, 0.15) is 17.9 Å². The van der Waals surface area contributed by atoms with Gasteiger partial charge in [-0.25, -0.2) is 4.39 Å². The van der Waals surface area contributed by atoms with Gasteiger partial charge in [-0.05, 0) is 55.0 Å². The van der Waals surface area contributed by atoms with Gasteiger partial charge in [-0.2, -0.15) is 0 Å². The Hall–Kier alpha value is -0.890. The average molecular weight is 191 g/mol. The zero-order valence-electron chi connectivity index (χ0n) is 8.04.